The smallest absolute Gasteiger partial charge is 0.256 e. The van der Waals surface area contributed by atoms with E-state index in [0.29, 0.717) is 5.56 Å². The maximum atomic E-state index is 12.4. The Morgan fingerprint density at radius 1 is 0.850 bits per heavy atom. The summed E-state index contributed by atoms with van der Waals surface area (Å²) in [6.07, 6.45) is 0. The van der Waals surface area contributed by atoms with E-state index in [1.807, 2.05) is 72.1 Å². The highest BCUT2D eigenvalue weighted by molar-refractivity contribution is 7.13. The number of para-hydroxylation sites is 1. The topological polar surface area (TPSA) is 29.1 Å². The van der Waals surface area contributed by atoms with Crippen molar-refractivity contribution in [1.82, 2.24) is 0 Å². The minimum absolute atomic E-state index is 0.0831. The Morgan fingerprint density at radius 3 is 2.35 bits per heavy atom. The first-order valence-corrected chi connectivity index (χ1v) is 7.22. The third-order valence-corrected chi connectivity index (χ3v) is 3.89. The van der Waals surface area contributed by atoms with Crippen LogP contribution in [0.5, 0.6) is 0 Å². The summed E-state index contributed by atoms with van der Waals surface area (Å²) in [5.74, 6) is -0.0831. The lowest BCUT2D eigenvalue weighted by Gasteiger charge is -2.09. The molecule has 3 rings (SSSR count). The molecule has 0 saturated carbocycles. The van der Waals surface area contributed by atoms with Crippen molar-refractivity contribution in [3.63, 3.8) is 0 Å². The van der Waals surface area contributed by atoms with E-state index in [1.165, 1.54) is 0 Å². The van der Waals surface area contributed by atoms with Crippen molar-refractivity contribution in [2.45, 2.75) is 0 Å². The van der Waals surface area contributed by atoms with Crippen molar-refractivity contribution >= 4 is 22.9 Å². The highest BCUT2D eigenvalue weighted by atomic mass is 32.1. The van der Waals surface area contributed by atoms with Gasteiger partial charge in [-0.3, -0.25) is 4.79 Å². The maximum absolute atomic E-state index is 12.4. The Kier molecular flexibility index (Phi) is 3.61. The maximum Gasteiger partial charge on any atom is 0.256 e. The van der Waals surface area contributed by atoms with Crippen molar-refractivity contribution in [2.24, 2.45) is 0 Å². The lowest BCUT2D eigenvalue weighted by atomic mass is 10.1. The number of amides is 1. The molecule has 98 valence electrons. The van der Waals surface area contributed by atoms with Crippen LogP contribution >= 0.6 is 11.3 Å². The van der Waals surface area contributed by atoms with Crippen molar-refractivity contribution in [3.05, 3.63) is 77.7 Å². The minimum Gasteiger partial charge on any atom is -0.322 e. The molecule has 0 aliphatic rings. The van der Waals surface area contributed by atoms with Crippen LogP contribution in [0.1, 0.15) is 10.4 Å². The molecule has 3 heteroatoms. The average Bonchev–Trinajstić information content (AvgIpc) is 3.02. The first-order chi connectivity index (χ1) is 9.84. The minimum atomic E-state index is -0.0831. The van der Waals surface area contributed by atoms with Gasteiger partial charge in [-0.2, -0.15) is 0 Å². The van der Waals surface area contributed by atoms with Crippen molar-refractivity contribution in [2.75, 3.05) is 5.32 Å². The fraction of sp³-hybridized carbons (Fsp3) is 0. The molecular formula is C17H13NOS. The Bertz CT molecular complexity index is 705. The Hall–Kier alpha value is -2.39. The first kappa shape index (κ1) is 12.6. The molecular weight excluding hydrogens is 266 g/mol. The molecule has 1 amide bonds. The summed E-state index contributed by atoms with van der Waals surface area (Å²) in [5, 5.41) is 4.94. The number of thiophene rings is 1. The zero-order valence-corrected chi connectivity index (χ0v) is 11.6. The summed E-state index contributed by atoms with van der Waals surface area (Å²) >= 11 is 1.63. The predicted molar refractivity (Wildman–Crippen MR) is 84.2 cm³/mol. The van der Waals surface area contributed by atoms with Gasteiger partial charge in [0.15, 0.2) is 0 Å². The van der Waals surface area contributed by atoms with Gasteiger partial charge in [-0.05, 0) is 29.6 Å². The van der Waals surface area contributed by atoms with Gasteiger partial charge in [-0.15, -0.1) is 11.3 Å². The van der Waals surface area contributed by atoms with Crippen molar-refractivity contribution in [1.29, 1.82) is 0 Å². The van der Waals surface area contributed by atoms with Gasteiger partial charge in [0.1, 0.15) is 0 Å². The molecule has 0 fully saturated rings. The fourth-order valence-electron chi connectivity index (χ4n) is 2.05. The van der Waals surface area contributed by atoms with Gasteiger partial charge in [0.25, 0.3) is 5.91 Å². The van der Waals surface area contributed by atoms with E-state index in [0.717, 1.165) is 16.1 Å². The molecule has 0 atom stereocenters. The number of anilines is 1. The number of benzene rings is 2. The van der Waals surface area contributed by atoms with E-state index < -0.39 is 0 Å². The van der Waals surface area contributed by atoms with E-state index in [4.69, 9.17) is 0 Å². The second-order valence-electron chi connectivity index (χ2n) is 4.34. The molecule has 3 aromatic rings. The van der Waals surface area contributed by atoms with Crippen LogP contribution in [0.25, 0.3) is 10.4 Å². The fourth-order valence-corrected chi connectivity index (χ4v) is 2.81. The number of carbonyl (C=O) groups is 1. The SMILES string of the molecule is O=C(Nc1ccccc1)c1ccccc1-c1cccs1. The van der Waals surface area contributed by atoms with Gasteiger partial charge in [-0.25, -0.2) is 0 Å². The van der Waals surface area contributed by atoms with Crippen LogP contribution in [0.15, 0.2) is 72.1 Å². The Labute approximate surface area is 121 Å². The van der Waals surface area contributed by atoms with Crippen LogP contribution in [0.2, 0.25) is 0 Å². The van der Waals surface area contributed by atoms with Crippen LogP contribution < -0.4 is 5.32 Å². The van der Waals surface area contributed by atoms with Crippen molar-refractivity contribution in [3.8, 4) is 10.4 Å². The summed E-state index contributed by atoms with van der Waals surface area (Å²) in [7, 11) is 0. The summed E-state index contributed by atoms with van der Waals surface area (Å²) < 4.78 is 0. The van der Waals surface area contributed by atoms with E-state index in [-0.39, 0.29) is 5.91 Å². The van der Waals surface area contributed by atoms with Crippen LogP contribution in [-0.4, -0.2) is 5.91 Å². The molecule has 2 aromatic carbocycles. The van der Waals surface area contributed by atoms with Gasteiger partial charge in [-0.1, -0.05) is 42.5 Å². The molecule has 0 bridgehead atoms. The van der Waals surface area contributed by atoms with Crippen LogP contribution in [-0.2, 0) is 0 Å². The summed E-state index contributed by atoms with van der Waals surface area (Å²) in [6.45, 7) is 0. The van der Waals surface area contributed by atoms with E-state index in [9.17, 15) is 4.79 Å². The molecule has 1 N–H and O–H groups in total. The second-order valence-corrected chi connectivity index (χ2v) is 5.29. The molecule has 0 radical (unpaired) electrons. The zero-order valence-electron chi connectivity index (χ0n) is 10.7. The average molecular weight is 279 g/mol. The quantitative estimate of drug-likeness (QED) is 0.741. The first-order valence-electron chi connectivity index (χ1n) is 6.34. The monoisotopic (exact) mass is 279 g/mol. The number of rotatable bonds is 3. The van der Waals surface area contributed by atoms with Gasteiger partial charge in [0.05, 0.1) is 0 Å². The molecule has 20 heavy (non-hydrogen) atoms. The lowest BCUT2D eigenvalue weighted by Crippen LogP contribution is -2.12. The predicted octanol–water partition coefficient (Wildman–Crippen LogP) is 4.67. The summed E-state index contributed by atoms with van der Waals surface area (Å²) in [4.78, 5) is 13.5. The Balaban J connectivity index is 1.93. The van der Waals surface area contributed by atoms with E-state index in [2.05, 4.69) is 5.32 Å². The lowest BCUT2D eigenvalue weighted by molar-refractivity contribution is 0.102. The number of nitrogens with one attached hydrogen (secondary N) is 1. The van der Waals surface area contributed by atoms with E-state index in [1.54, 1.807) is 11.3 Å². The number of carbonyl (C=O) groups excluding carboxylic acids is 1. The standard InChI is InChI=1S/C17H13NOS/c19-17(18-13-7-2-1-3-8-13)15-10-5-4-9-14(15)16-11-6-12-20-16/h1-12H,(H,18,19). The van der Waals surface area contributed by atoms with E-state index >= 15 is 0 Å². The number of hydrogen-bond donors (Lipinski definition) is 1. The van der Waals surface area contributed by atoms with Gasteiger partial charge < -0.3 is 5.32 Å². The second kappa shape index (κ2) is 5.72. The molecule has 0 aliphatic carbocycles. The number of hydrogen-bond acceptors (Lipinski definition) is 2. The van der Waals surface area contributed by atoms with Crippen LogP contribution in [0.4, 0.5) is 5.69 Å². The van der Waals surface area contributed by atoms with Gasteiger partial charge in [0, 0.05) is 21.7 Å². The Morgan fingerprint density at radius 2 is 1.60 bits per heavy atom. The molecule has 1 heterocycles. The van der Waals surface area contributed by atoms with Crippen molar-refractivity contribution < 1.29 is 4.79 Å². The molecule has 0 unspecified atom stereocenters. The normalized spacial score (nSPS) is 10.2. The molecule has 2 nitrogen and oxygen atoms in total. The third kappa shape index (κ3) is 2.63. The summed E-state index contributed by atoms with van der Waals surface area (Å²) in [5.41, 5.74) is 2.47. The van der Waals surface area contributed by atoms with Crippen LogP contribution in [0.3, 0.4) is 0 Å². The molecule has 0 spiro atoms. The zero-order chi connectivity index (χ0) is 13.8. The van der Waals surface area contributed by atoms with Gasteiger partial charge >= 0.3 is 0 Å². The molecule has 0 aliphatic heterocycles. The third-order valence-electron chi connectivity index (χ3n) is 2.99. The molecule has 0 saturated heterocycles. The highest BCUT2D eigenvalue weighted by Gasteiger charge is 2.12. The molecule has 1 aromatic heterocycles. The summed E-state index contributed by atoms with van der Waals surface area (Å²) in [6, 6.07) is 21.2. The largest absolute Gasteiger partial charge is 0.322 e. The van der Waals surface area contributed by atoms with Crippen LogP contribution in [0, 0.1) is 0 Å². The highest BCUT2D eigenvalue weighted by Crippen LogP contribution is 2.28. The van der Waals surface area contributed by atoms with Gasteiger partial charge in [0.2, 0.25) is 0 Å².